The van der Waals surface area contributed by atoms with Gasteiger partial charge in [-0.15, -0.1) is 4.40 Å². The molecule has 10 heteroatoms. The summed E-state index contributed by atoms with van der Waals surface area (Å²) < 4.78 is 33.0. The number of amidine groups is 1. The molecular weight excluding hydrogens is 372 g/mol. The number of carbonyl (C=O) groups is 2. The summed E-state index contributed by atoms with van der Waals surface area (Å²) in [7, 11) is -3.83. The Morgan fingerprint density at radius 1 is 1.11 bits per heavy atom. The van der Waals surface area contributed by atoms with Crippen molar-refractivity contribution in [2.75, 3.05) is 11.9 Å². The second kappa shape index (κ2) is 7.46. The molecule has 2 aromatic rings. The Kier molecular flexibility index (Phi) is 5.08. The number of sulfonamides is 1. The molecular formula is C17H16N4O5S. The van der Waals surface area contributed by atoms with Crippen molar-refractivity contribution in [1.82, 2.24) is 5.32 Å². The predicted molar refractivity (Wildman–Crippen MR) is 97.8 cm³/mol. The fraction of sp³-hybridized carbons (Fsp3) is 0.118. The van der Waals surface area contributed by atoms with E-state index >= 15 is 0 Å². The fourth-order valence-corrected chi connectivity index (χ4v) is 3.53. The third kappa shape index (κ3) is 4.42. The third-order valence-corrected chi connectivity index (χ3v) is 5.04. The van der Waals surface area contributed by atoms with Gasteiger partial charge in [0.25, 0.3) is 10.0 Å². The van der Waals surface area contributed by atoms with Crippen molar-refractivity contribution in [3.8, 4) is 0 Å². The lowest BCUT2D eigenvalue weighted by atomic mass is 10.1. The molecule has 0 aromatic heterocycles. The summed E-state index contributed by atoms with van der Waals surface area (Å²) in [5.74, 6) is -0.616. The highest BCUT2D eigenvalue weighted by Crippen LogP contribution is 2.26. The molecule has 2 amide bonds. The molecule has 0 unspecified atom stereocenters. The van der Waals surface area contributed by atoms with E-state index < -0.39 is 22.0 Å². The number of urea groups is 1. The molecule has 0 spiro atoms. The average molecular weight is 388 g/mol. The number of nitrogens with one attached hydrogen (secondary N) is 2. The second-order valence-electron chi connectivity index (χ2n) is 5.63. The number of rotatable bonds is 5. The average Bonchev–Trinajstić information content (AvgIpc) is 2.64. The van der Waals surface area contributed by atoms with E-state index in [9.17, 15) is 18.0 Å². The molecule has 0 saturated heterocycles. The Labute approximate surface area is 155 Å². The Bertz CT molecular complexity index is 1020. The second-order valence-corrected chi connectivity index (χ2v) is 7.20. The van der Waals surface area contributed by atoms with Crippen molar-refractivity contribution >= 4 is 33.5 Å². The van der Waals surface area contributed by atoms with Gasteiger partial charge in [0.2, 0.25) is 0 Å². The van der Waals surface area contributed by atoms with Gasteiger partial charge in [-0.3, -0.25) is 0 Å². The topological polar surface area (TPSA) is 140 Å². The summed E-state index contributed by atoms with van der Waals surface area (Å²) in [5.41, 5.74) is 6.40. The van der Waals surface area contributed by atoms with Crippen LogP contribution >= 0.6 is 0 Å². The van der Waals surface area contributed by atoms with Crippen LogP contribution in [0, 0.1) is 0 Å². The highest BCUT2D eigenvalue weighted by atomic mass is 32.2. The lowest BCUT2D eigenvalue weighted by Gasteiger charge is -2.17. The standard InChI is InChI=1S/C17H16N4O5S/c18-17(23)19-9-11-5-7-12(8-6-11)16(22)26-10-15-20-13-3-1-2-4-14(13)27(24,25)21-15/h1-8H,9-10H2,(H,20,21)(H3,18,19,23). The van der Waals surface area contributed by atoms with Crippen LogP contribution in [0.2, 0.25) is 0 Å². The van der Waals surface area contributed by atoms with Gasteiger partial charge in [0.1, 0.15) is 4.90 Å². The molecule has 27 heavy (non-hydrogen) atoms. The zero-order valence-electron chi connectivity index (χ0n) is 14.0. The van der Waals surface area contributed by atoms with E-state index in [1.807, 2.05) is 0 Å². The van der Waals surface area contributed by atoms with Crippen LogP contribution in [0.3, 0.4) is 0 Å². The van der Waals surface area contributed by atoms with Crippen molar-refractivity contribution in [1.29, 1.82) is 0 Å². The van der Waals surface area contributed by atoms with Crippen molar-refractivity contribution < 1.29 is 22.7 Å². The van der Waals surface area contributed by atoms with E-state index in [0.29, 0.717) is 5.69 Å². The number of ether oxygens (including phenoxy) is 1. The zero-order chi connectivity index (χ0) is 19.4. The van der Waals surface area contributed by atoms with E-state index in [1.54, 1.807) is 30.3 Å². The van der Waals surface area contributed by atoms with Crippen LogP contribution in [0.15, 0.2) is 57.8 Å². The van der Waals surface area contributed by atoms with Crippen molar-refractivity contribution in [3.63, 3.8) is 0 Å². The maximum absolute atomic E-state index is 12.1. The predicted octanol–water partition coefficient (Wildman–Crippen LogP) is 1.22. The van der Waals surface area contributed by atoms with Crippen molar-refractivity contribution in [3.05, 3.63) is 59.7 Å². The lowest BCUT2D eigenvalue weighted by molar-refractivity contribution is 0.0563. The number of para-hydroxylation sites is 1. The SMILES string of the molecule is NC(=O)NCc1ccc(C(=O)OCC2=NS(=O)(=O)c3ccccc3N2)cc1. The number of hydrogen-bond donors (Lipinski definition) is 3. The van der Waals surface area contributed by atoms with Crippen LogP contribution in [0.25, 0.3) is 0 Å². The van der Waals surface area contributed by atoms with Gasteiger partial charge in [-0.05, 0) is 29.8 Å². The first kappa shape index (κ1) is 18.4. The summed E-state index contributed by atoms with van der Waals surface area (Å²) in [4.78, 5) is 22.9. The van der Waals surface area contributed by atoms with Gasteiger partial charge in [-0.1, -0.05) is 24.3 Å². The minimum absolute atomic E-state index is 0.0179. The number of esters is 1. The summed E-state index contributed by atoms with van der Waals surface area (Å²) in [6, 6.07) is 12.0. The molecule has 9 nitrogen and oxygen atoms in total. The number of amides is 2. The summed E-state index contributed by atoms with van der Waals surface area (Å²) in [6.45, 7) is -0.0833. The largest absolute Gasteiger partial charge is 0.454 e. The van der Waals surface area contributed by atoms with Crippen LogP contribution in [0.4, 0.5) is 10.5 Å². The molecule has 2 aromatic carbocycles. The first-order chi connectivity index (χ1) is 12.8. The van der Waals surface area contributed by atoms with Crippen molar-refractivity contribution in [2.24, 2.45) is 10.1 Å². The van der Waals surface area contributed by atoms with Gasteiger partial charge >= 0.3 is 12.0 Å². The van der Waals surface area contributed by atoms with Crippen LogP contribution in [-0.4, -0.2) is 32.9 Å². The monoisotopic (exact) mass is 388 g/mol. The van der Waals surface area contributed by atoms with E-state index in [1.165, 1.54) is 18.2 Å². The van der Waals surface area contributed by atoms with Gasteiger partial charge in [-0.2, -0.15) is 8.42 Å². The highest BCUT2D eigenvalue weighted by Gasteiger charge is 2.24. The smallest absolute Gasteiger partial charge is 0.338 e. The minimum atomic E-state index is -3.83. The molecule has 3 rings (SSSR count). The molecule has 0 bridgehead atoms. The maximum atomic E-state index is 12.1. The van der Waals surface area contributed by atoms with E-state index in [2.05, 4.69) is 15.0 Å². The van der Waals surface area contributed by atoms with Crippen LogP contribution in [0.5, 0.6) is 0 Å². The van der Waals surface area contributed by atoms with Crippen LogP contribution in [0.1, 0.15) is 15.9 Å². The van der Waals surface area contributed by atoms with E-state index in [0.717, 1.165) is 5.56 Å². The van der Waals surface area contributed by atoms with E-state index in [4.69, 9.17) is 10.5 Å². The molecule has 0 saturated carbocycles. The molecule has 0 fully saturated rings. The summed E-state index contributed by atoms with van der Waals surface area (Å²) in [6.07, 6.45) is 0. The van der Waals surface area contributed by atoms with Crippen LogP contribution in [-0.2, 0) is 21.3 Å². The van der Waals surface area contributed by atoms with Gasteiger partial charge < -0.3 is 21.1 Å². The summed E-state index contributed by atoms with van der Waals surface area (Å²) in [5, 5.41) is 5.27. The number of carbonyl (C=O) groups excluding carboxylic acids is 2. The Morgan fingerprint density at radius 2 is 1.81 bits per heavy atom. The third-order valence-electron chi connectivity index (χ3n) is 3.67. The van der Waals surface area contributed by atoms with Gasteiger partial charge in [0.15, 0.2) is 12.4 Å². The minimum Gasteiger partial charge on any atom is -0.454 e. The normalized spacial score (nSPS) is 14.3. The molecule has 4 N–H and O–H groups in total. The number of hydrogen-bond acceptors (Lipinski definition) is 6. The number of benzene rings is 2. The quantitative estimate of drug-likeness (QED) is 0.658. The Hall–Kier alpha value is -3.40. The van der Waals surface area contributed by atoms with Crippen LogP contribution < -0.4 is 16.4 Å². The number of fused-ring (bicyclic) bond motifs is 1. The molecule has 0 atom stereocenters. The first-order valence-electron chi connectivity index (χ1n) is 7.84. The summed E-state index contributed by atoms with van der Waals surface area (Å²) >= 11 is 0. The number of nitrogens with zero attached hydrogens (tertiary/aromatic N) is 1. The number of primary amides is 1. The lowest BCUT2D eigenvalue weighted by Crippen LogP contribution is -2.28. The van der Waals surface area contributed by atoms with Gasteiger partial charge in [0, 0.05) is 6.54 Å². The number of anilines is 1. The molecule has 1 heterocycles. The molecule has 0 radical (unpaired) electrons. The fourth-order valence-electron chi connectivity index (χ4n) is 2.39. The molecule has 0 aliphatic carbocycles. The van der Waals surface area contributed by atoms with Gasteiger partial charge in [-0.25, -0.2) is 9.59 Å². The van der Waals surface area contributed by atoms with E-state index in [-0.39, 0.29) is 29.4 Å². The molecule has 1 aliphatic rings. The molecule has 140 valence electrons. The number of nitrogens with two attached hydrogens (primary N) is 1. The highest BCUT2D eigenvalue weighted by molar-refractivity contribution is 7.90. The first-order valence-corrected chi connectivity index (χ1v) is 9.28. The maximum Gasteiger partial charge on any atom is 0.338 e. The Balaban J connectivity index is 1.63. The Morgan fingerprint density at radius 3 is 2.52 bits per heavy atom. The van der Waals surface area contributed by atoms with Gasteiger partial charge in [0.05, 0.1) is 11.3 Å². The van der Waals surface area contributed by atoms with Crippen molar-refractivity contribution in [2.45, 2.75) is 11.4 Å². The molecule has 1 aliphatic heterocycles. The zero-order valence-corrected chi connectivity index (χ0v) is 14.8.